The average molecular weight is 522 g/mol. The molecule has 0 heterocycles. The minimum atomic E-state index is -0.921. The predicted molar refractivity (Wildman–Crippen MR) is 146 cm³/mol. The number of hydrogen-bond donors (Lipinski definition) is 2. The molecule has 1 aliphatic carbocycles. The van der Waals surface area contributed by atoms with Crippen LogP contribution >= 0.6 is 0 Å². The van der Waals surface area contributed by atoms with E-state index in [-0.39, 0.29) is 24.7 Å². The molecule has 39 heavy (non-hydrogen) atoms. The molecule has 0 spiro atoms. The number of phenols is 1. The number of carbonyl (C=O) groups excluding carboxylic acids is 2. The van der Waals surface area contributed by atoms with Crippen LogP contribution in [-0.2, 0) is 20.7 Å². The van der Waals surface area contributed by atoms with Crippen molar-refractivity contribution in [2.75, 3.05) is 13.7 Å². The van der Waals surface area contributed by atoms with Crippen molar-refractivity contribution in [1.29, 1.82) is 0 Å². The van der Waals surface area contributed by atoms with Crippen molar-refractivity contribution < 1.29 is 24.2 Å². The first kappa shape index (κ1) is 25.7. The molecule has 0 bridgehead atoms. The maximum atomic E-state index is 12.8. The topological polar surface area (TPSA) is 110 Å². The van der Waals surface area contributed by atoms with Crippen LogP contribution in [0.25, 0.3) is 11.1 Å². The number of nitrogens with one attached hydrogen (secondary N) is 1. The molecular weight excluding hydrogens is 494 g/mol. The zero-order chi connectivity index (χ0) is 27.2. The van der Waals surface area contributed by atoms with Crippen molar-refractivity contribution in [3.05, 3.63) is 114 Å². The third-order valence-electron chi connectivity index (χ3n) is 6.63. The number of benzene rings is 4. The minimum Gasteiger partial charge on any atom is -0.508 e. The Bertz CT molecular complexity index is 1450. The van der Waals surface area contributed by atoms with Gasteiger partial charge in [0.05, 0.1) is 18.5 Å². The Morgan fingerprint density at radius 3 is 1.92 bits per heavy atom. The first-order chi connectivity index (χ1) is 19.0. The number of phenolic OH excluding ortho intramolecular Hbond substituents is 1. The number of rotatable bonds is 8. The van der Waals surface area contributed by atoms with Crippen LogP contribution in [0, 0.1) is 0 Å². The minimum absolute atomic E-state index is 0.0805. The van der Waals surface area contributed by atoms with E-state index in [1.807, 2.05) is 36.4 Å². The molecule has 0 aliphatic heterocycles. The van der Waals surface area contributed by atoms with Crippen LogP contribution in [0.15, 0.2) is 107 Å². The summed E-state index contributed by atoms with van der Waals surface area (Å²) in [6, 6.07) is 28.8. The molecule has 196 valence electrons. The first-order valence-electron chi connectivity index (χ1n) is 12.5. The fourth-order valence-electron chi connectivity index (χ4n) is 4.69. The van der Waals surface area contributed by atoms with Crippen LogP contribution in [-0.4, -0.2) is 36.9 Å². The van der Waals surface area contributed by atoms with Gasteiger partial charge in [0.15, 0.2) is 0 Å². The van der Waals surface area contributed by atoms with Gasteiger partial charge in [-0.1, -0.05) is 60.7 Å². The van der Waals surface area contributed by atoms with Crippen LogP contribution in [0.3, 0.4) is 0 Å². The van der Waals surface area contributed by atoms with Gasteiger partial charge in [0.2, 0.25) is 0 Å². The van der Waals surface area contributed by atoms with Crippen LogP contribution in [0.2, 0.25) is 0 Å². The Morgan fingerprint density at radius 2 is 1.36 bits per heavy atom. The average Bonchev–Trinajstić information content (AvgIpc) is 3.29. The van der Waals surface area contributed by atoms with Crippen molar-refractivity contribution in [1.82, 2.24) is 5.32 Å². The number of fused-ring (bicyclic) bond motifs is 3. The third kappa shape index (κ3) is 5.96. The number of aromatic hydroxyl groups is 1. The van der Waals surface area contributed by atoms with E-state index in [9.17, 15) is 14.7 Å². The van der Waals surface area contributed by atoms with Gasteiger partial charge in [0.25, 0.3) is 0 Å². The quantitative estimate of drug-likeness (QED) is 0.205. The number of methoxy groups -OCH3 is 1. The second-order valence-electron chi connectivity index (χ2n) is 9.13. The Hall–Kier alpha value is -4.98. The number of hydrogen-bond acceptors (Lipinski definition) is 7. The molecule has 5 rings (SSSR count). The van der Waals surface area contributed by atoms with E-state index in [1.165, 1.54) is 19.2 Å². The highest BCUT2D eigenvalue weighted by Gasteiger charge is 2.30. The molecule has 0 saturated heterocycles. The van der Waals surface area contributed by atoms with Crippen LogP contribution in [0.1, 0.15) is 22.6 Å². The largest absolute Gasteiger partial charge is 0.508 e. The van der Waals surface area contributed by atoms with Crippen LogP contribution in [0.4, 0.5) is 16.2 Å². The summed E-state index contributed by atoms with van der Waals surface area (Å²) < 4.78 is 10.5. The van der Waals surface area contributed by atoms with Gasteiger partial charge >= 0.3 is 12.1 Å². The summed E-state index contributed by atoms with van der Waals surface area (Å²) in [4.78, 5) is 25.2. The molecule has 0 aromatic heterocycles. The van der Waals surface area contributed by atoms with Gasteiger partial charge in [-0.2, -0.15) is 10.2 Å². The molecule has 0 radical (unpaired) electrons. The standard InChI is InChI=1S/C31H27N3O5/c1-38-30(36)29(18-20-10-12-21(13-11-20)33-34-22-14-16-23(35)17-15-22)32-31(37)39-19-28-26-8-4-2-6-24(26)25-7-3-5-9-27(25)28/h2-17,28-29,35H,18-19H2,1H3,(H,32,37)/t29-/m0/s1. The Labute approximate surface area is 225 Å². The van der Waals surface area contributed by atoms with Crippen molar-refractivity contribution in [3.8, 4) is 16.9 Å². The molecule has 0 unspecified atom stereocenters. The predicted octanol–water partition coefficient (Wildman–Crippen LogP) is 6.43. The van der Waals surface area contributed by atoms with E-state index in [0.717, 1.165) is 27.8 Å². The third-order valence-corrected chi connectivity index (χ3v) is 6.63. The van der Waals surface area contributed by atoms with E-state index in [0.29, 0.717) is 11.4 Å². The smallest absolute Gasteiger partial charge is 0.407 e. The van der Waals surface area contributed by atoms with Gasteiger partial charge in [-0.25, -0.2) is 9.59 Å². The van der Waals surface area contributed by atoms with Crippen LogP contribution < -0.4 is 5.32 Å². The summed E-state index contributed by atoms with van der Waals surface area (Å²) in [6.45, 7) is 0.147. The number of ether oxygens (including phenoxy) is 2. The fraction of sp³-hybridized carbons (Fsp3) is 0.161. The molecule has 8 heteroatoms. The van der Waals surface area contributed by atoms with E-state index in [4.69, 9.17) is 9.47 Å². The number of amides is 1. The lowest BCUT2D eigenvalue weighted by Gasteiger charge is -2.18. The zero-order valence-corrected chi connectivity index (χ0v) is 21.3. The molecule has 1 atom stereocenters. The van der Waals surface area contributed by atoms with E-state index >= 15 is 0 Å². The normalized spacial score (nSPS) is 12.9. The van der Waals surface area contributed by atoms with Gasteiger partial charge in [-0.15, -0.1) is 0 Å². The second-order valence-corrected chi connectivity index (χ2v) is 9.13. The highest BCUT2D eigenvalue weighted by molar-refractivity contribution is 5.82. The maximum Gasteiger partial charge on any atom is 0.407 e. The summed E-state index contributed by atoms with van der Waals surface area (Å²) in [5.41, 5.74) is 6.52. The zero-order valence-electron chi connectivity index (χ0n) is 21.3. The van der Waals surface area contributed by atoms with E-state index < -0.39 is 18.1 Å². The van der Waals surface area contributed by atoms with E-state index in [1.54, 1.807) is 36.4 Å². The number of alkyl carbamates (subject to hydrolysis) is 1. The summed E-state index contributed by atoms with van der Waals surface area (Å²) in [5, 5.41) is 20.3. The summed E-state index contributed by atoms with van der Waals surface area (Å²) >= 11 is 0. The first-order valence-corrected chi connectivity index (χ1v) is 12.5. The Kier molecular flexibility index (Phi) is 7.63. The highest BCUT2D eigenvalue weighted by Crippen LogP contribution is 2.44. The summed E-state index contributed by atoms with van der Waals surface area (Å²) in [5.74, 6) is -0.493. The molecule has 4 aromatic carbocycles. The van der Waals surface area contributed by atoms with Crippen molar-refractivity contribution in [3.63, 3.8) is 0 Å². The molecule has 0 saturated carbocycles. The Morgan fingerprint density at radius 1 is 0.821 bits per heavy atom. The molecule has 2 N–H and O–H groups in total. The Balaban J connectivity index is 1.21. The maximum absolute atomic E-state index is 12.8. The van der Waals surface area contributed by atoms with Crippen molar-refractivity contribution >= 4 is 23.4 Å². The molecule has 1 amide bonds. The highest BCUT2D eigenvalue weighted by atomic mass is 16.6. The lowest BCUT2D eigenvalue weighted by Crippen LogP contribution is -2.43. The van der Waals surface area contributed by atoms with Gasteiger partial charge < -0.3 is 19.9 Å². The van der Waals surface area contributed by atoms with Crippen molar-refractivity contribution in [2.45, 2.75) is 18.4 Å². The lowest BCUT2D eigenvalue weighted by molar-refractivity contribution is -0.143. The molecule has 1 aliphatic rings. The van der Waals surface area contributed by atoms with Gasteiger partial charge in [0.1, 0.15) is 18.4 Å². The molecule has 8 nitrogen and oxygen atoms in total. The number of nitrogens with zero attached hydrogens (tertiary/aromatic N) is 2. The molecule has 4 aromatic rings. The second kappa shape index (κ2) is 11.6. The number of azo groups is 1. The fourth-order valence-corrected chi connectivity index (χ4v) is 4.69. The summed E-state index contributed by atoms with van der Waals surface area (Å²) in [6.07, 6.45) is -0.474. The van der Waals surface area contributed by atoms with E-state index in [2.05, 4.69) is 27.7 Å². The summed E-state index contributed by atoms with van der Waals surface area (Å²) in [7, 11) is 1.28. The van der Waals surface area contributed by atoms with Gasteiger partial charge in [-0.3, -0.25) is 0 Å². The SMILES string of the molecule is COC(=O)[C@H](Cc1ccc(N=Nc2ccc(O)cc2)cc1)NC(=O)OCC1c2ccccc2-c2ccccc21. The molecular formula is C31H27N3O5. The van der Waals surface area contributed by atoms with Crippen LogP contribution in [0.5, 0.6) is 5.75 Å². The monoisotopic (exact) mass is 521 g/mol. The number of carbonyl (C=O) groups is 2. The number of esters is 1. The lowest BCUT2D eigenvalue weighted by atomic mass is 9.98. The van der Waals surface area contributed by atoms with Crippen molar-refractivity contribution in [2.24, 2.45) is 10.2 Å². The van der Waals surface area contributed by atoms with Gasteiger partial charge in [0, 0.05) is 12.3 Å². The molecule has 0 fully saturated rings. The van der Waals surface area contributed by atoms with Gasteiger partial charge in [-0.05, 0) is 64.2 Å².